The Morgan fingerprint density at radius 1 is 1.37 bits per heavy atom. The van der Waals surface area contributed by atoms with E-state index in [1.807, 2.05) is 24.3 Å². The summed E-state index contributed by atoms with van der Waals surface area (Å²) in [5.74, 6) is 0.0596. The molecule has 0 amide bonds. The lowest BCUT2D eigenvalue weighted by Crippen LogP contribution is -2.27. The molecule has 0 aliphatic carbocycles. The number of ether oxygens (including phenoxy) is 1. The van der Waals surface area contributed by atoms with E-state index in [1.165, 1.54) is 6.33 Å². The van der Waals surface area contributed by atoms with Crippen LogP contribution < -0.4 is 10.9 Å². The Bertz CT molecular complexity index is 607. The minimum Gasteiger partial charge on any atom is -0.461 e. The maximum Gasteiger partial charge on any atom is 0.355 e. The van der Waals surface area contributed by atoms with Crippen LogP contribution in [0.4, 0.5) is 5.82 Å². The van der Waals surface area contributed by atoms with Crippen LogP contribution in [-0.4, -0.2) is 22.5 Å². The fraction of sp³-hybridized carbons (Fsp3) is 0.154. The van der Waals surface area contributed by atoms with Gasteiger partial charge in [0.05, 0.1) is 12.1 Å². The van der Waals surface area contributed by atoms with Gasteiger partial charge in [-0.2, -0.15) is 0 Å². The monoisotopic (exact) mass is 258 g/mol. The fourth-order valence-corrected chi connectivity index (χ4v) is 1.51. The number of benzene rings is 1. The highest BCUT2D eigenvalue weighted by atomic mass is 16.5. The third-order valence-corrected chi connectivity index (χ3v) is 2.40. The maximum atomic E-state index is 11.4. The zero-order chi connectivity index (χ0) is 13.7. The van der Waals surface area contributed by atoms with Crippen LogP contribution >= 0.6 is 0 Å². The Kier molecular flexibility index (Phi) is 3.92. The van der Waals surface area contributed by atoms with Crippen molar-refractivity contribution in [2.24, 2.45) is 0 Å². The Balaban J connectivity index is 2.10. The summed E-state index contributed by atoms with van der Waals surface area (Å²) in [6.45, 7) is 5.61. The summed E-state index contributed by atoms with van der Waals surface area (Å²) in [5.41, 5.74) is 6.42. The van der Waals surface area contributed by atoms with Crippen molar-refractivity contribution in [3.63, 3.8) is 0 Å². The topological polar surface area (TPSA) is 76.1 Å². The number of carbonyl (C=O) groups excluding carboxylic acids is 1. The summed E-state index contributed by atoms with van der Waals surface area (Å²) < 4.78 is 4.81. The van der Waals surface area contributed by atoms with E-state index in [9.17, 15) is 4.79 Å². The van der Waals surface area contributed by atoms with Gasteiger partial charge in [0.15, 0.2) is 5.82 Å². The van der Waals surface area contributed by atoms with Gasteiger partial charge in [-0.05, 0) is 19.1 Å². The number of rotatable bonds is 5. The van der Waals surface area contributed by atoms with E-state index in [-0.39, 0.29) is 5.70 Å². The summed E-state index contributed by atoms with van der Waals surface area (Å²) in [5, 5.41) is 0.842. The molecule has 19 heavy (non-hydrogen) atoms. The van der Waals surface area contributed by atoms with Gasteiger partial charge in [-0.25, -0.2) is 14.8 Å². The highest BCUT2D eigenvalue weighted by Crippen LogP contribution is 2.17. The molecule has 0 radical (unpaired) electrons. The molecule has 0 bridgehead atoms. The standard InChI is InChI=1S/C13H14N4O2/c1-3-19-13(18)9(2)16-17-12-10-6-4-5-7-11(10)14-8-15-12/h4-8,16H,2-3H2,1H3,(H,14,15,17). The van der Waals surface area contributed by atoms with Crippen LogP contribution in [0.1, 0.15) is 6.92 Å². The van der Waals surface area contributed by atoms with Crippen LogP contribution in [0.5, 0.6) is 0 Å². The number of hydrogen-bond acceptors (Lipinski definition) is 6. The highest BCUT2D eigenvalue weighted by Gasteiger charge is 2.08. The van der Waals surface area contributed by atoms with E-state index in [0.717, 1.165) is 10.9 Å². The molecule has 0 saturated heterocycles. The number of aromatic nitrogens is 2. The van der Waals surface area contributed by atoms with Crippen molar-refractivity contribution in [2.75, 3.05) is 12.0 Å². The van der Waals surface area contributed by atoms with Gasteiger partial charge in [-0.15, -0.1) is 0 Å². The van der Waals surface area contributed by atoms with E-state index >= 15 is 0 Å². The number of hydrazine groups is 1. The summed E-state index contributed by atoms with van der Waals surface area (Å²) in [4.78, 5) is 19.6. The van der Waals surface area contributed by atoms with Crippen LogP contribution in [0.25, 0.3) is 10.9 Å². The van der Waals surface area contributed by atoms with Gasteiger partial charge in [0.2, 0.25) is 0 Å². The second kappa shape index (κ2) is 5.81. The molecule has 0 saturated carbocycles. The number of fused-ring (bicyclic) bond motifs is 1. The Morgan fingerprint density at radius 2 is 2.16 bits per heavy atom. The molecule has 0 fully saturated rings. The van der Waals surface area contributed by atoms with Gasteiger partial charge in [-0.1, -0.05) is 18.7 Å². The van der Waals surface area contributed by atoms with Gasteiger partial charge in [0.25, 0.3) is 0 Å². The van der Waals surface area contributed by atoms with Crippen LogP contribution in [0, 0.1) is 0 Å². The van der Waals surface area contributed by atoms with E-state index in [1.54, 1.807) is 6.92 Å². The van der Waals surface area contributed by atoms with E-state index < -0.39 is 5.97 Å². The number of carbonyl (C=O) groups is 1. The number of esters is 1. The van der Waals surface area contributed by atoms with E-state index in [4.69, 9.17) is 4.74 Å². The summed E-state index contributed by atoms with van der Waals surface area (Å²) in [7, 11) is 0. The van der Waals surface area contributed by atoms with Crippen molar-refractivity contribution in [2.45, 2.75) is 6.92 Å². The first-order valence-electron chi connectivity index (χ1n) is 5.80. The summed E-state index contributed by atoms with van der Waals surface area (Å²) in [6.07, 6.45) is 1.44. The lowest BCUT2D eigenvalue weighted by molar-refractivity contribution is -0.138. The van der Waals surface area contributed by atoms with Crippen molar-refractivity contribution >= 4 is 22.7 Å². The molecule has 0 aliphatic rings. The summed E-state index contributed by atoms with van der Waals surface area (Å²) >= 11 is 0. The number of para-hydroxylation sites is 1. The maximum absolute atomic E-state index is 11.4. The lowest BCUT2D eigenvalue weighted by atomic mass is 10.2. The van der Waals surface area contributed by atoms with Crippen LogP contribution in [0.3, 0.4) is 0 Å². The third kappa shape index (κ3) is 2.98. The largest absolute Gasteiger partial charge is 0.461 e. The smallest absolute Gasteiger partial charge is 0.355 e. The van der Waals surface area contributed by atoms with Gasteiger partial charge < -0.3 is 4.74 Å². The molecular formula is C13H14N4O2. The molecule has 1 heterocycles. The first-order valence-corrected chi connectivity index (χ1v) is 5.80. The average Bonchev–Trinajstić information content (AvgIpc) is 2.45. The minimum absolute atomic E-state index is 0.115. The number of nitrogens with zero attached hydrogens (tertiary/aromatic N) is 2. The quantitative estimate of drug-likeness (QED) is 0.482. The SMILES string of the molecule is C=C(NNc1ncnc2ccccc12)C(=O)OCC. The highest BCUT2D eigenvalue weighted by molar-refractivity contribution is 5.90. The second-order valence-electron chi connectivity index (χ2n) is 3.69. The normalized spacial score (nSPS) is 9.95. The minimum atomic E-state index is -0.506. The first kappa shape index (κ1) is 12.8. The van der Waals surface area contributed by atoms with Gasteiger partial charge in [0, 0.05) is 5.39 Å². The molecule has 2 N–H and O–H groups in total. The van der Waals surface area contributed by atoms with Gasteiger partial charge in [-0.3, -0.25) is 10.9 Å². The molecule has 98 valence electrons. The predicted octanol–water partition coefficient (Wildman–Crippen LogP) is 1.62. The molecule has 6 heteroatoms. The predicted molar refractivity (Wildman–Crippen MR) is 72.1 cm³/mol. The number of nitrogens with one attached hydrogen (secondary N) is 2. The van der Waals surface area contributed by atoms with Gasteiger partial charge >= 0.3 is 5.97 Å². The molecule has 1 aromatic heterocycles. The Labute approximate surface area is 110 Å². The van der Waals surface area contributed by atoms with Crippen molar-refractivity contribution in [3.05, 3.63) is 42.9 Å². The molecule has 1 aromatic carbocycles. The van der Waals surface area contributed by atoms with Gasteiger partial charge in [0.1, 0.15) is 12.0 Å². The van der Waals surface area contributed by atoms with E-state index in [2.05, 4.69) is 27.4 Å². The molecular weight excluding hydrogens is 244 g/mol. The van der Waals surface area contributed by atoms with Crippen molar-refractivity contribution in [3.8, 4) is 0 Å². The second-order valence-corrected chi connectivity index (χ2v) is 3.69. The zero-order valence-corrected chi connectivity index (χ0v) is 10.5. The third-order valence-electron chi connectivity index (χ3n) is 2.40. The fourth-order valence-electron chi connectivity index (χ4n) is 1.51. The Morgan fingerprint density at radius 3 is 2.95 bits per heavy atom. The summed E-state index contributed by atoms with van der Waals surface area (Å²) in [6, 6.07) is 7.54. The van der Waals surface area contributed by atoms with Crippen molar-refractivity contribution in [1.29, 1.82) is 0 Å². The number of hydrogen-bond donors (Lipinski definition) is 2. The molecule has 2 rings (SSSR count). The molecule has 0 aliphatic heterocycles. The number of anilines is 1. The molecule has 0 unspecified atom stereocenters. The molecule has 0 spiro atoms. The molecule has 0 atom stereocenters. The van der Waals surface area contributed by atoms with Crippen LogP contribution in [0.15, 0.2) is 42.9 Å². The first-order chi connectivity index (χ1) is 9.22. The van der Waals surface area contributed by atoms with E-state index in [0.29, 0.717) is 12.4 Å². The van der Waals surface area contributed by atoms with Crippen LogP contribution in [-0.2, 0) is 9.53 Å². The average molecular weight is 258 g/mol. The lowest BCUT2D eigenvalue weighted by Gasteiger charge is -2.11. The van der Waals surface area contributed by atoms with Crippen molar-refractivity contribution in [1.82, 2.24) is 15.4 Å². The van der Waals surface area contributed by atoms with Crippen LogP contribution in [0.2, 0.25) is 0 Å². The molecule has 6 nitrogen and oxygen atoms in total. The Hall–Kier alpha value is -2.63. The zero-order valence-electron chi connectivity index (χ0n) is 10.5. The molecule has 2 aromatic rings. The van der Waals surface area contributed by atoms with Crippen molar-refractivity contribution < 1.29 is 9.53 Å².